The van der Waals surface area contributed by atoms with Crippen molar-refractivity contribution in [1.82, 2.24) is 0 Å². The Morgan fingerprint density at radius 2 is 2.00 bits per heavy atom. The van der Waals surface area contributed by atoms with Crippen LogP contribution >= 0.6 is 11.8 Å². The minimum Gasteiger partial charge on any atom is -0.375 e. The van der Waals surface area contributed by atoms with Crippen molar-refractivity contribution in [2.45, 2.75) is 25.5 Å². The predicted molar refractivity (Wildman–Crippen MR) is 70.8 cm³/mol. The van der Waals surface area contributed by atoms with Gasteiger partial charge in [0, 0.05) is 10.4 Å². The Balaban J connectivity index is 2.64. The van der Waals surface area contributed by atoms with E-state index in [1.54, 1.807) is 17.8 Å². The Morgan fingerprint density at radius 1 is 1.38 bits per heavy atom. The van der Waals surface area contributed by atoms with Gasteiger partial charge in [0.1, 0.15) is 0 Å². The van der Waals surface area contributed by atoms with Crippen molar-refractivity contribution in [2.75, 3.05) is 11.2 Å². The predicted octanol–water partition coefficient (Wildman–Crippen LogP) is 2.69. The molecule has 0 unspecified atom stereocenters. The molecule has 0 saturated carbocycles. The van der Waals surface area contributed by atoms with Gasteiger partial charge in [-0.05, 0) is 12.1 Å². The molecule has 0 bridgehead atoms. The summed E-state index contributed by atoms with van der Waals surface area (Å²) in [6.45, 7) is 6.46. The zero-order valence-electron chi connectivity index (χ0n) is 9.91. The van der Waals surface area contributed by atoms with Gasteiger partial charge in [0.15, 0.2) is 0 Å². The maximum atomic E-state index is 11.2. The van der Waals surface area contributed by atoms with E-state index in [-0.39, 0.29) is 4.75 Å². The summed E-state index contributed by atoms with van der Waals surface area (Å²) in [4.78, 5) is 11.2. The molecule has 0 atom stereocenters. The number of anilines is 1. The van der Waals surface area contributed by atoms with Crippen LogP contribution in [0.2, 0.25) is 0 Å². The number of carbonyl (C=O) groups is 1. The van der Waals surface area contributed by atoms with Gasteiger partial charge < -0.3 is 11.1 Å². The second kappa shape index (κ2) is 5.25. The van der Waals surface area contributed by atoms with Crippen molar-refractivity contribution in [2.24, 2.45) is 5.73 Å². The lowest BCUT2D eigenvalue weighted by molar-refractivity contribution is 0.100. The highest BCUT2D eigenvalue weighted by atomic mass is 32.2. The van der Waals surface area contributed by atoms with E-state index in [0.717, 1.165) is 11.6 Å². The van der Waals surface area contributed by atoms with Crippen molar-refractivity contribution < 1.29 is 4.79 Å². The second-order valence-electron chi connectivity index (χ2n) is 4.49. The molecule has 0 aliphatic rings. The largest absolute Gasteiger partial charge is 0.375 e. The van der Waals surface area contributed by atoms with Crippen molar-refractivity contribution in [3.63, 3.8) is 0 Å². The third-order valence-electron chi connectivity index (χ3n) is 1.96. The molecule has 16 heavy (non-hydrogen) atoms. The van der Waals surface area contributed by atoms with Crippen LogP contribution in [0.25, 0.3) is 0 Å². The number of rotatable bonds is 4. The average Bonchev–Trinajstić information content (AvgIpc) is 2.16. The molecule has 0 aliphatic heterocycles. The lowest BCUT2D eigenvalue weighted by Gasteiger charge is -2.18. The fraction of sp³-hybridized carbons (Fsp3) is 0.417. The number of amides is 1. The van der Waals surface area contributed by atoms with E-state index >= 15 is 0 Å². The standard InChI is InChI=1S/C12H18N2OS/c1-12(2,3)16-8-14-10-7-5-4-6-9(10)11(13)15/h4-7,14H,8H2,1-3H3,(H2,13,15). The minimum atomic E-state index is -0.399. The normalized spacial score (nSPS) is 11.2. The maximum Gasteiger partial charge on any atom is 0.250 e. The van der Waals surface area contributed by atoms with E-state index < -0.39 is 5.91 Å². The monoisotopic (exact) mass is 238 g/mol. The molecule has 0 heterocycles. The van der Waals surface area contributed by atoms with Crippen LogP contribution in [-0.4, -0.2) is 16.5 Å². The summed E-state index contributed by atoms with van der Waals surface area (Å²) in [5, 5.41) is 3.21. The van der Waals surface area contributed by atoms with E-state index in [0.29, 0.717) is 5.56 Å². The summed E-state index contributed by atoms with van der Waals surface area (Å²) in [6, 6.07) is 7.29. The van der Waals surface area contributed by atoms with Gasteiger partial charge in [-0.3, -0.25) is 4.79 Å². The Morgan fingerprint density at radius 3 is 2.56 bits per heavy atom. The molecule has 0 spiro atoms. The molecular weight excluding hydrogens is 220 g/mol. The van der Waals surface area contributed by atoms with Crippen LogP contribution < -0.4 is 11.1 Å². The van der Waals surface area contributed by atoms with Gasteiger partial charge in [0.25, 0.3) is 5.91 Å². The Bertz CT molecular complexity index is 372. The molecule has 3 N–H and O–H groups in total. The van der Waals surface area contributed by atoms with Gasteiger partial charge in [-0.25, -0.2) is 0 Å². The van der Waals surface area contributed by atoms with E-state index in [1.807, 2.05) is 18.2 Å². The quantitative estimate of drug-likeness (QED) is 0.793. The van der Waals surface area contributed by atoms with E-state index in [1.165, 1.54) is 0 Å². The average molecular weight is 238 g/mol. The molecule has 88 valence electrons. The highest BCUT2D eigenvalue weighted by molar-refractivity contribution is 8.00. The molecule has 0 radical (unpaired) electrons. The van der Waals surface area contributed by atoms with Crippen LogP contribution in [0.1, 0.15) is 31.1 Å². The van der Waals surface area contributed by atoms with Gasteiger partial charge in [0.2, 0.25) is 0 Å². The molecule has 0 aliphatic carbocycles. The van der Waals surface area contributed by atoms with Crippen LogP contribution in [0.15, 0.2) is 24.3 Å². The first-order valence-electron chi connectivity index (χ1n) is 5.17. The van der Waals surface area contributed by atoms with Gasteiger partial charge >= 0.3 is 0 Å². The molecule has 0 fully saturated rings. The first-order chi connectivity index (χ1) is 7.40. The van der Waals surface area contributed by atoms with Crippen LogP contribution in [-0.2, 0) is 0 Å². The number of benzene rings is 1. The number of nitrogens with one attached hydrogen (secondary N) is 1. The number of hydrogen-bond donors (Lipinski definition) is 2. The second-order valence-corrected chi connectivity index (χ2v) is 6.29. The fourth-order valence-electron chi connectivity index (χ4n) is 1.18. The van der Waals surface area contributed by atoms with Crippen molar-refractivity contribution in [3.05, 3.63) is 29.8 Å². The van der Waals surface area contributed by atoms with Crippen LogP contribution in [0.5, 0.6) is 0 Å². The lowest BCUT2D eigenvalue weighted by atomic mass is 10.2. The summed E-state index contributed by atoms with van der Waals surface area (Å²) in [5.74, 6) is 0.359. The molecule has 1 aromatic rings. The van der Waals surface area contributed by atoms with Gasteiger partial charge in [-0.1, -0.05) is 32.9 Å². The summed E-state index contributed by atoms with van der Waals surface area (Å²) in [5.41, 5.74) is 6.62. The summed E-state index contributed by atoms with van der Waals surface area (Å²) < 4.78 is 0.203. The smallest absolute Gasteiger partial charge is 0.250 e. The maximum absolute atomic E-state index is 11.2. The Labute approximate surface area is 101 Å². The molecule has 0 saturated heterocycles. The molecule has 1 aromatic carbocycles. The van der Waals surface area contributed by atoms with E-state index in [2.05, 4.69) is 26.1 Å². The molecule has 1 rings (SSSR count). The highest BCUT2D eigenvalue weighted by Gasteiger charge is 2.11. The van der Waals surface area contributed by atoms with Gasteiger partial charge in [-0.2, -0.15) is 0 Å². The summed E-state index contributed by atoms with van der Waals surface area (Å²) in [6.07, 6.45) is 0. The van der Waals surface area contributed by atoms with Crippen molar-refractivity contribution in [3.8, 4) is 0 Å². The number of para-hydroxylation sites is 1. The third kappa shape index (κ3) is 4.14. The summed E-state index contributed by atoms with van der Waals surface area (Å²) >= 11 is 1.79. The van der Waals surface area contributed by atoms with Gasteiger partial charge in [0.05, 0.1) is 11.4 Å². The van der Waals surface area contributed by atoms with E-state index in [4.69, 9.17) is 5.73 Å². The molecule has 0 aromatic heterocycles. The molecule has 4 heteroatoms. The van der Waals surface area contributed by atoms with Crippen molar-refractivity contribution in [1.29, 1.82) is 0 Å². The number of primary amides is 1. The first-order valence-corrected chi connectivity index (χ1v) is 6.15. The van der Waals surface area contributed by atoms with Crippen LogP contribution in [0.4, 0.5) is 5.69 Å². The Hall–Kier alpha value is -1.16. The number of thioether (sulfide) groups is 1. The third-order valence-corrected chi connectivity index (χ3v) is 3.12. The fourth-order valence-corrected chi connectivity index (χ4v) is 1.84. The zero-order chi connectivity index (χ0) is 12.2. The molecule has 1 amide bonds. The number of hydrogen-bond acceptors (Lipinski definition) is 3. The number of nitrogens with two attached hydrogens (primary N) is 1. The lowest BCUT2D eigenvalue weighted by Crippen LogP contribution is -2.16. The Kier molecular flexibility index (Phi) is 4.24. The number of carbonyl (C=O) groups excluding carboxylic acids is 1. The van der Waals surface area contributed by atoms with Gasteiger partial charge in [-0.15, -0.1) is 11.8 Å². The van der Waals surface area contributed by atoms with Crippen molar-refractivity contribution >= 4 is 23.4 Å². The first kappa shape index (κ1) is 12.9. The summed E-state index contributed by atoms with van der Waals surface area (Å²) in [7, 11) is 0. The SMILES string of the molecule is CC(C)(C)SCNc1ccccc1C(N)=O. The van der Waals surface area contributed by atoms with Crippen LogP contribution in [0, 0.1) is 0 Å². The minimum absolute atomic E-state index is 0.203. The molecule has 3 nitrogen and oxygen atoms in total. The molecular formula is C12H18N2OS. The van der Waals surface area contributed by atoms with E-state index in [9.17, 15) is 4.79 Å². The zero-order valence-corrected chi connectivity index (χ0v) is 10.7. The highest BCUT2D eigenvalue weighted by Crippen LogP contribution is 2.24. The van der Waals surface area contributed by atoms with Crippen LogP contribution in [0.3, 0.4) is 0 Å². The topological polar surface area (TPSA) is 55.1 Å².